The van der Waals surface area contributed by atoms with E-state index in [2.05, 4.69) is 36.1 Å². The van der Waals surface area contributed by atoms with E-state index in [4.69, 9.17) is 21.1 Å². The first-order valence-corrected chi connectivity index (χ1v) is 10.3. The Kier molecular flexibility index (Phi) is 5.89. The number of ether oxygens (including phenoxy) is 2. The lowest BCUT2D eigenvalue weighted by Crippen LogP contribution is -2.55. The smallest absolute Gasteiger partial charge is 0.407 e. The molecule has 2 aliphatic rings. The van der Waals surface area contributed by atoms with Gasteiger partial charge in [-0.05, 0) is 56.5 Å². The molecule has 2 fully saturated rings. The van der Waals surface area contributed by atoms with Crippen molar-refractivity contribution in [3.05, 3.63) is 16.0 Å². The lowest BCUT2D eigenvalue weighted by molar-refractivity contribution is 0.0434. The summed E-state index contributed by atoms with van der Waals surface area (Å²) in [6, 6.07) is -0.0824. The highest BCUT2D eigenvalue weighted by atomic mass is 79.9. The number of alkyl carbamates (subject to hydrolysis) is 1. The van der Waals surface area contributed by atoms with Crippen molar-refractivity contribution in [2.75, 3.05) is 24.6 Å². The molecule has 150 valence electrons. The summed E-state index contributed by atoms with van der Waals surface area (Å²) in [4.78, 5) is 23.1. The molecule has 1 aromatic heterocycles. The van der Waals surface area contributed by atoms with Crippen molar-refractivity contribution in [1.29, 1.82) is 0 Å². The number of hydrogen-bond donors (Lipinski definition) is 1. The highest BCUT2D eigenvalue weighted by molar-refractivity contribution is 9.10. The van der Waals surface area contributed by atoms with Crippen molar-refractivity contribution in [2.24, 2.45) is 5.41 Å². The van der Waals surface area contributed by atoms with E-state index >= 15 is 0 Å². The molecule has 0 aromatic carbocycles. The van der Waals surface area contributed by atoms with Crippen LogP contribution in [0.25, 0.3) is 0 Å². The van der Waals surface area contributed by atoms with Gasteiger partial charge in [-0.3, -0.25) is 0 Å². The SMILES string of the molecule is C[C@@H]1OCC2(CCN(c3ncc(Br)nc3Cl)CC2)[C@@H]1NC(=O)OC(C)(C)C. The van der Waals surface area contributed by atoms with Crippen molar-refractivity contribution in [3.8, 4) is 0 Å². The third-order valence-corrected chi connectivity index (χ3v) is 5.81. The number of hydrogen-bond acceptors (Lipinski definition) is 6. The number of halogens is 2. The van der Waals surface area contributed by atoms with Gasteiger partial charge in [0.2, 0.25) is 0 Å². The van der Waals surface area contributed by atoms with E-state index in [-0.39, 0.29) is 17.6 Å². The lowest BCUT2D eigenvalue weighted by Gasteiger charge is -2.43. The Bertz CT molecular complexity index is 704. The van der Waals surface area contributed by atoms with Crippen molar-refractivity contribution < 1.29 is 14.3 Å². The number of anilines is 1. The number of rotatable bonds is 2. The normalized spacial score (nSPS) is 24.9. The van der Waals surface area contributed by atoms with E-state index in [1.165, 1.54) is 0 Å². The van der Waals surface area contributed by atoms with E-state index < -0.39 is 11.7 Å². The number of piperidine rings is 1. The van der Waals surface area contributed by atoms with Crippen LogP contribution in [-0.4, -0.2) is 53.5 Å². The molecule has 1 amide bonds. The molecule has 27 heavy (non-hydrogen) atoms. The first-order valence-electron chi connectivity index (χ1n) is 9.14. The van der Waals surface area contributed by atoms with E-state index in [1.54, 1.807) is 6.20 Å². The highest BCUT2D eigenvalue weighted by Gasteiger charge is 2.50. The van der Waals surface area contributed by atoms with Gasteiger partial charge < -0.3 is 19.7 Å². The Morgan fingerprint density at radius 1 is 1.44 bits per heavy atom. The fourth-order valence-electron chi connectivity index (χ4n) is 3.86. The molecule has 0 saturated carbocycles. The average molecular weight is 462 g/mol. The second kappa shape index (κ2) is 7.72. The monoisotopic (exact) mass is 460 g/mol. The van der Waals surface area contributed by atoms with Gasteiger partial charge >= 0.3 is 6.09 Å². The summed E-state index contributed by atoms with van der Waals surface area (Å²) >= 11 is 9.53. The molecular weight excluding hydrogens is 436 g/mol. The third kappa shape index (κ3) is 4.66. The van der Waals surface area contributed by atoms with Crippen LogP contribution in [0.4, 0.5) is 10.6 Å². The maximum Gasteiger partial charge on any atom is 0.407 e. The molecule has 0 unspecified atom stereocenters. The lowest BCUT2D eigenvalue weighted by atomic mass is 9.73. The van der Waals surface area contributed by atoms with Crippen molar-refractivity contribution in [3.63, 3.8) is 0 Å². The Morgan fingerprint density at radius 3 is 2.70 bits per heavy atom. The number of aromatic nitrogens is 2. The maximum atomic E-state index is 12.3. The number of carbonyl (C=O) groups is 1. The molecule has 1 N–H and O–H groups in total. The molecule has 0 bridgehead atoms. The zero-order valence-electron chi connectivity index (χ0n) is 16.1. The van der Waals surface area contributed by atoms with Crippen LogP contribution >= 0.6 is 27.5 Å². The Labute approximate surface area is 173 Å². The van der Waals surface area contributed by atoms with E-state index in [0.717, 1.165) is 25.9 Å². The van der Waals surface area contributed by atoms with Crippen LogP contribution in [0.5, 0.6) is 0 Å². The summed E-state index contributed by atoms with van der Waals surface area (Å²) in [6.45, 7) is 9.76. The van der Waals surface area contributed by atoms with Crippen LogP contribution in [0.2, 0.25) is 5.15 Å². The average Bonchev–Trinajstić information content (AvgIpc) is 2.84. The second-order valence-electron chi connectivity index (χ2n) is 8.30. The largest absolute Gasteiger partial charge is 0.444 e. The first-order chi connectivity index (χ1) is 12.6. The van der Waals surface area contributed by atoms with Gasteiger partial charge in [0.15, 0.2) is 11.0 Å². The summed E-state index contributed by atoms with van der Waals surface area (Å²) in [5.41, 5.74) is -0.637. The van der Waals surface area contributed by atoms with Gasteiger partial charge in [-0.2, -0.15) is 0 Å². The van der Waals surface area contributed by atoms with E-state index in [1.807, 2.05) is 27.7 Å². The fourth-order valence-corrected chi connectivity index (χ4v) is 4.50. The van der Waals surface area contributed by atoms with Gasteiger partial charge in [-0.15, -0.1) is 0 Å². The minimum Gasteiger partial charge on any atom is -0.444 e. The summed E-state index contributed by atoms with van der Waals surface area (Å²) < 4.78 is 12.0. The number of carbonyl (C=O) groups excluding carboxylic acids is 1. The van der Waals surface area contributed by atoms with Gasteiger partial charge in [0.05, 0.1) is 24.9 Å². The molecule has 0 aliphatic carbocycles. The molecule has 9 heteroatoms. The molecule has 0 radical (unpaired) electrons. The molecule has 1 spiro atoms. The van der Waals surface area contributed by atoms with Crippen LogP contribution in [0.15, 0.2) is 10.8 Å². The van der Waals surface area contributed by atoms with Crippen LogP contribution < -0.4 is 10.2 Å². The first kappa shape index (κ1) is 20.6. The standard InChI is InChI=1S/C18H26BrClN4O3/c1-11-13(23-16(25)27-17(2,3)4)18(10-26-11)5-7-24(8-6-18)15-14(20)22-12(19)9-21-15/h9,11,13H,5-8,10H2,1-4H3,(H,23,25)/t11-,13+/m0/s1. The Hall–Kier alpha value is -1.12. The van der Waals surface area contributed by atoms with Gasteiger partial charge in [0.1, 0.15) is 10.2 Å². The quantitative estimate of drug-likeness (QED) is 0.722. The molecule has 2 aliphatic heterocycles. The van der Waals surface area contributed by atoms with Gasteiger partial charge in [0.25, 0.3) is 0 Å². The van der Waals surface area contributed by atoms with Gasteiger partial charge in [0, 0.05) is 18.5 Å². The second-order valence-corrected chi connectivity index (χ2v) is 9.47. The summed E-state index contributed by atoms with van der Waals surface area (Å²) in [5, 5.41) is 3.44. The maximum absolute atomic E-state index is 12.3. The Morgan fingerprint density at radius 2 is 2.11 bits per heavy atom. The predicted molar refractivity (Wildman–Crippen MR) is 107 cm³/mol. The summed E-state index contributed by atoms with van der Waals surface area (Å²) in [6.07, 6.45) is 2.94. The predicted octanol–water partition coefficient (Wildman–Crippen LogP) is 3.79. The number of nitrogens with one attached hydrogen (secondary N) is 1. The van der Waals surface area contributed by atoms with Crippen LogP contribution in [0.3, 0.4) is 0 Å². The molecule has 2 atom stereocenters. The Balaban J connectivity index is 1.68. The summed E-state index contributed by atoms with van der Waals surface area (Å²) in [7, 11) is 0. The van der Waals surface area contributed by atoms with E-state index in [0.29, 0.717) is 22.2 Å². The zero-order valence-corrected chi connectivity index (χ0v) is 18.4. The molecular formula is C18H26BrClN4O3. The number of nitrogens with zero attached hydrogens (tertiary/aromatic N) is 3. The summed E-state index contributed by atoms with van der Waals surface area (Å²) in [5.74, 6) is 0.693. The van der Waals surface area contributed by atoms with Crippen molar-refractivity contribution >= 4 is 39.4 Å². The van der Waals surface area contributed by atoms with Crippen molar-refractivity contribution in [1.82, 2.24) is 15.3 Å². The fraction of sp³-hybridized carbons (Fsp3) is 0.722. The van der Waals surface area contributed by atoms with Gasteiger partial charge in [-0.25, -0.2) is 14.8 Å². The minimum atomic E-state index is -0.527. The van der Waals surface area contributed by atoms with Crippen LogP contribution in [0.1, 0.15) is 40.5 Å². The molecule has 1 aromatic rings. The molecule has 7 nitrogen and oxygen atoms in total. The molecule has 3 rings (SSSR count). The highest BCUT2D eigenvalue weighted by Crippen LogP contribution is 2.43. The molecule has 3 heterocycles. The number of amides is 1. The molecule has 2 saturated heterocycles. The zero-order chi connectivity index (χ0) is 19.8. The minimum absolute atomic E-state index is 0.0554. The van der Waals surface area contributed by atoms with E-state index in [9.17, 15) is 4.79 Å². The van der Waals surface area contributed by atoms with Crippen LogP contribution in [0, 0.1) is 5.41 Å². The van der Waals surface area contributed by atoms with Crippen molar-refractivity contribution in [2.45, 2.75) is 58.3 Å². The van der Waals surface area contributed by atoms with Crippen LogP contribution in [-0.2, 0) is 9.47 Å². The van der Waals surface area contributed by atoms with Gasteiger partial charge in [-0.1, -0.05) is 11.6 Å². The third-order valence-electron chi connectivity index (χ3n) is 5.18. The topological polar surface area (TPSA) is 76.6 Å².